The SMILES string of the molecule is CC(=O)O[C@H](C(=O)C=C(C(=O)CCCCCCO)c1cccc(C)c1)[C@H](C)C(=O)N1C(=O)O[C@H](c2ccccc2)[C@@H]1C. The molecule has 2 aromatic rings. The van der Waals surface area contributed by atoms with Crippen LogP contribution in [0.4, 0.5) is 4.79 Å². The van der Waals surface area contributed by atoms with Crippen LogP contribution in [0, 0.1) is 12.8 Å². The molecule has 2 aromatic carbocycles. The van der Waals surface area contributed by atoms with Gasteiger partial charge in [-0.3, -0.25) is 19.2 Å². The number of ketones is 2. The van der Waals surface area contributed by atoms with Crippen LogP contribution in [0.15, 0.2) is 60.7 Å². The Bertz CT molecular complexity index is 1320. The molecule has 9 nitrogen and oxygen atoms in total. The molecule has 0 spiro atoms. The maximum Gasteiger partial charge on any atom is 0.417 e. The number of benzene rings is 2. The van der Waals surface area contributed by atoms with Gasteiger partial charge in [0.1, 0.15) is 6.10 Å². The molecule has 224 valence electrons. The number of aryl methyl sites for hydroxylation is 1. The highest BCUT2D eigenvalue weighted by Crippen LogP contribution is 2.34. The average molecular weight is 578 g/mol. The van der Waals surface area contributed by atoms with E-state index in [4.69, 9.17) is 14.6 Å². The fourth-order valence-electron chi connectivity index (χ4n) is 5.03. The van der Waals surface area contributed by atoms with E-state index in [9.17, 15) is 24.0 Å². The summed E-state index contributed by atoms with van der Waals surface area (Å²) >= 11 is 0. The first-order valence-corrected chi connectivity index (χ1v) is 14.3. The number of esters is 1. The van der Waals surface area contributed by atoms with Gasteiger partial charge in [-0.25, -0.2) is 9.69 Å². The number of hydrogen-bond donors (Lipinski definition) is 1. The molecule has 1 fully saturated rings. The second kappa shape index (κ2) is 15.2. The van der Waals surface area contributed by atoms with Crippen molar-refractivity contribution in [3.8, 4) is 0 Å². The molecule has 1 saturated heterocycles. The Morgan fingerprint density at radius 1 is 1.02 bits per heavy atom. The molecule has 0 saturated carbocycles. The molecule has 1 N–H and O–H groups in total. The molecule has 0 radical (unpaired) electrons. The third-order valence-electron chi connectivity index (χ3n) is 7.28. The van der Waals surface area contributed by atoms with Crippen LogP contribution in [0.3, 0.4) is 0 Å². The van der Waals surface area contributed by atoms with Crippen molar-refractivity contribution in [3.63, 3.8) is 0 Å². The van der Waals surface area contributed by atoms with E-state index in [0.717, 1.165) is 41.9 Å². The van der Waals surface area contributed by atoms with Gasteiger partial charge in [-0.1, -0.05) is 73.0 Å². The molecule has 1 aliphatic heterocycles. The Labute approximate surface area is 246 Å². The summed E-state index contributed by atoms with van der Waals surface area (Å²) in [6.45, 7) is 6.16. The highest BCUT2D eigenvalue weighted by molar-refractivity contribution is 6.25. The number of cyclic esters (lactones) is 1. The lowest BCUT2D eigenvalue weighted by Crippen LogP contribution is -2.47. The van der Waals surface area contributed by atoms with Gasteiger partial charge in [0.25, 0.3) is 0 Å². The molecule has 1 aliphatic rings. The number of unbranched alkanes of at least 4 members (excludes halogenated alkanes) is 3. The number of Topliss-reactive ketones (excluding diaryl/α,β-unsaturated/α-hetero) is 1. The van der Waals surface area contributed by atoms with Crippen LogP contribution < -0.4 is 0 Å². The number of allylic oxidation sites excluding steroid dienone is 1. The molecule has 9 heteroatoms. The van der Waals surface area contributed by atoms with E-state index in [2.05, 4.69) is 0 Å². The highest BCUT2D eigenvalue weighted by atomic mass is 16.6. The van der Waals surface area contributed by atoms with Gasteiger partial charge in [0.15, 0.2) is 17.7 Å². The lowest BCUT2D eigenvalue weighted by Gasteiger charge is -2.26. The smallest absolute Gasteiger partial charge is 0.417 e. The summed E-state index contributed by atoms with van der Waals surface area (Å²) in [6.07, 6.45) is 0.969. The van der Waals surface area contributed by atoms with Gasteiger partial charge in [0.05, 0.1) is 12.0 Å². The molecule has 4 atom stereocenters. The van der Waals surface area contributed by atoms with Crippen molar-refractivity contribution in [2.24, 2.45) is 5.92 Å². The van der Waals surface area contributed by atoms with E-state index in [-0.39, 0.29) is 24.4 Å². The Morgan fingerprint density at radius 3 is 2.36 bits per heavy atom. The van der Waals surface area contributed by atoms with Crippen LogP contribution in [0.1, 0.15) is 75.7 Å². The number of aliphatic hydroxyl groups is 1. The largest absolute Gasteiger partial charge is 0.453 e. The van der Waals surface area contributed by atoms with E-state index < -0.39 is 47.9 Å². The number of carbonyl (C=O) groups is 5. The fraction of sp³-hybridized carbons (Fsp3) is 0.424. The van der Waals surface area contributed by atoms with Crippen LogP contribution in [-0.2, 0) is 28.7 Å². The number of rotatable bonds is 14. The maximum absolute atomic E-state index is 13.7. The van der Waals surface area contributed by atoms with Gasteiger partial charge < -0.3 is 14.6 Å². The highest BCUT2D eigenvalue weighted by Gasteiger charge is 2.47. The van der Waals surface area contributed by atoms with Gasteiger partial charge in [-0.05, 0) is 50.8 Å². The Morgan fingerprint density at radius 2 is 1.71 bits per heavy atom. The zero-order chi connectivity index (χ0) is 30.8. The maximum atomic E-state index is 13.7. The lowest BCUT2D eigenvalue weighted by atomic mass is 9.92. The first-order chi connectivity index (χ1) is 20.0. The Balaban J connectivity index is 1.88. The van der Waals surface area contributed by atoms with Crippen LogP contribution in [-0.4, -0.2) is 58.3 Å². The first kappa shape index (κ1) is 32.4. The molecule has 0 bridgehead atoms. The van der Waals surface area contributed by atoms with Gasteiger partial charge in [-0.2, -0.15) is 0 Å². The summed E-state index contributed by atoms with van der Waals surface area (Å²) in [7, 11) is 0. The molecule has 1 heterocycles. The molecule has 0 aromatic heterocycles. The second-order valence-corrected chi connectivity index (χ2v) is 10.6. The first-order valence-electron chi connectivity index (χ1n) is 14.3. The van der Waals surface area contributed by atoms with Gasteiger partial charge in [0.2, 0.25) is 5.91 Å². The van der Waals surface area contributed by atoms with Crippen molar-refractivity contribution in [3.05, 3.63) is 77.4 Å². The molecule has 0 unspecified atom stereocenters. The van der Waals surface area contributed by atoms with Crippen LogP contribution in [0.2, 0.25) is 0 Å². The van der Waals surface area contributed by atoms with E-state index in [1.807, 2.05) is 19.1 Å². The van der Waals surface area contributed by atoms with E-state index in [1.54, 1.807) is 49.4 Å². The monoisotopic (exact) mass is 577 g/mol. The average Bonchev–Trinajstić information content (AvgIpc) is 3.27. The predicted octanol–water partition coefficient (Wildman–Crippen LogP) is 5.14. The number of hydrogen-bond acceptors (Lipinski definition) is 8. The summed E-state index contributed by atoms with van der Waals surface area (Å²) in [5.74, 6) is -3.76. The fourth-order valence-corrected chi connectivity index (χ4v) is 5.03. The summed E-state index contributed by atoms with van der Waals surface area (Å²) < 4.78 is 10.8. The number of aliphatic hydroxyl groups excluding tert-OH is 1. The topological polar surface area (TPSA) is 127 Å². The number of carbonyl (C=O) groups excluding carboxylic acids is 5. The quantitative estimate of drug-likeness (QED) is 0.186. The Kier molecular flexibility index (Phi) is 11.7. The zero-order valence-corrected chi connectivity index (χ0v) is 24.6. The van der Waals surface area contributed by atoms with Gasteiger partial charge >= 0.3 is 12.1 Å². The van der Waals surface area contributed by atoms with Gasteiger partial charge in [-0.15, -0.1) is 0 Å². The minimum atomic E-state index is -1.57. The van der Waals surface area contributed by atoms with Gasteiger partial charge in [0, 0.05) is 25.5 Å². The molecule has 42 heavy (non-hydrogen) atoms. The third-order valence-corrected chi connectivity index (χ3v) is 7.28. The normalized spacial score (nSPS) is 18.3. The minimum Gasteiger partial charge on any atom is -0.453 e. The van der Waals surface area contributed by atoms with Crippen LogP contribution >= 0.6 is 0 Å². The van der Waals surface area contributed by atoms with Crippen molar-refractivity contribution in [2.75, 3.05) is 6.61 Å². The number of ether oxygens (including phenoxy) is 2. The standard InChI is InChI=1S/C33H39NO8/c1-21-13-12-16-26(19-21)27(28(37)17-10-5-6-11-18-35)20-29(38)30(41-24(4)36)22(2)32(39)34-23(3)31(42-33(34)40)25-14-8-7-9-15-25/h7-9,12-16,19-20,22-23,30-31,35H,5-6,10-11,17-18H2,1-4H3/t22-,23-,30-,31-/m0/s1. The molecular formula is C33H39NO8. The van der Waals surface area contributed by atoms with Crippen molar-refractivity contribution in [1.82, 2.24) is 4.90 Å². The summed E-state index contributed by atoms with van der Waals surface area (Å²) in [6, 6.07) is 15.5. The van der Waals surface area contributed by atoms with E-state index >= 15 is 0 Å². The van der Waals surface area contributed by atoms with Crippen molar-refractivity contribution < 1.29 is 38.6 Å². The minimum absolute atomic E-state index is 0.0895. The second-order valence-electron chi connectivity index (χ2n) is 10.6. The Hall–Kier alpha value is -4.11. The number of amides is 2. The number of nitrogens with zero attached hydrogens (tertiary/aromatic N) is 1. The molecular weight excluding hydrogens is 538 g/mol. The summed E-state index contributed by atoms with van der Waals surface area (Å²) in [5, 5.41) is 9.00. The lowest BCUT2D eigenvalue weighted by molar-refractivity contribution is -0.158. The molecule has 2 amide bonds. The van der Waals surface area contributed by atoms with Crippen molar-refractivity contribution >= 4 is 35.1 Å². The predicted molar refractivity (Wildman–Crippen MR) is 156 cm³/mol. The number of imide groups is 1. The summed E-state index contributed by atoms with van der Waals surface area (Å²) in [5.41, 5.74) is 2.29. The molecule has 3 rings (SSSR count). The van der Waals surface area contributed by atoms with Crippen molar-refractivity contribution in [1.29, 1.82) is 0 Å². The van der Waals surface area contributed by atoms with E-state index in [1.165, 1.54) is 6.92 Å². The van der Waals surface area contributed by atoms with E-state index in [0.29, 0.717) is 18.4 Å². The molecule has 0 aliphatic carbocycles. The van der Waals surface area contributed by atoms with Crippen LogP contribution in [0.5, 0.6) is 0 Å². The van der Waals surface area contributed by atoms with Crippen LogP contribution in [0.25, 0.3) is 5.57 Å². The summed E-state index contributed by atoms with van der Waals surface area (Å²) in [4.78, 5) is 66.4. The third kappa shape index (κ3) is 8.22. The van der Waals surface area contributed by atoms with Crippen molar-refractivity contribution in [2.45, 2.75) is 78.0 Å². The zero-order valence-electron chi connectivity index (χ0n) is 24.6.